The van der Waals surface area contributed by atoms with Gasteiger partial charge in [0.15, 0.2) is 0 Å². The van der Waals surface area contributed by atoms with E-state index in [1.165, 1.54) is 5.92 Å². The zero-order chi connectivity index (χ0) is 4.41. The molecule has 0 amide bonds. The maximum atomic E-state index is 2.08. The Morgan fingerprint density at radius 1 is 1.14 bits per heavy atom. The Hall–Kier alpha value is 1.00. The molecule has 0 aromatic rings. The fourth-order valence-electron chi connectivity index (χ4n) is 0.470. The van der Waals surface area contributed by atoms with Crippen LogP contribution in [-0.2, 0) is 0 Å². The molecular weight excluding hydrogens is 95.1 g/mol. The van der Waals surface area contributed by atoms with Gasteiger partial charge >= 0.3 is 29.6 Å². The Bertz CT molecular complexity index is 37.4. The summed E-state index contributed by atoms with van der Waals surface area (Å²) >= 11 is 0. The van der Waals surface area contributed by atoms with E-state index < -0.39 is 0 Å². The van der Waals surface area contributed by atoms with E-state index in [1.54, 1.807) is 0 Å². The van der Waals surface area contributed by atoms with Crippen LogP contribution >= 0.6 is 0 Å². The van der Waals surface area contributed by atoms with Gasteiger partial charge in [-0.25, -0.2) is 0 Å². The van der Waals surface area contributed by atoms with Gasteiger partial charge in [-0.05, 0) is 31.6 Å². The Labute approximate surface area is 68.0 Å². The van der Waals surface area contributed by atoms with E-state index >= 15 is 0 Å². The fraction of sp³-hybridized carbons (Fsp3) is 0.167. The van der Waals surface area contributed by atoms with Crippen LogP contribution in [0, 0.1) is 31.6 Å². The van der Waals surface area contributed by atoms with E-state index in [9.17, 15) is 0 Å². The molecular formula is C6H7Na+. The van der Waals surface area contributed by atoms with Gasteiger partial charge in [-0.15, -0.1) is 0 Å². The molecule has 0 nitrogen and oxygen atoms in total. The molecule has 0 spiro atoms. The van der Waals surface area contributed by atoms with E-state index in [1.807, 2.05) is 12.8 Å². The summed E-state index contributed by atoms with van der Waals surface area (Å²) in [6, 6.07) is 0. The minimum absolute atomic E-state index is 0. The van der Waals surface area contributed by atoms with Gasteiger partial charge < -0.3 is 0 Å². The third-order valence-electron chi connectivity index (χ3n) is 0.829. The molecule has 1 saturated carbocycles. The monoisotopic (exact) mass is 102 g/mol. The smallest absolute Gasteiger partial charge is 0.0585 e. The third kappa shape index (κ3) is 2.73. The van der Waals surface area contributed by atoms with Gasteiger partial charge in [0.2, 0.25) is 0 Å². The standard InChI is InChI=1S/C6H7.Na/c1-6-4-2-3-5-6;/h2-5H,1H3;/q;+1. The summed E-state index contributed by atoms with van der Waals surface area (Å²) in [7, 11) is 0. The molecule has 1 heteroatoms. The molecule has 0 bridgehead atoms. The normalized spacial score (nSPS) is 21.9. The van der Waals surface area contributed by atoms with Gasteiger partial charge in [-0.2, -0.15) is 0 Å². The van der Waals surface area contributed by atoms with Gasteiger partial charge in [-0.1, -0.05) is 6.92 Å². The average Bonchev–Trinajstić information content (AvgIpc) is 1.86. The van der Waals surface area contributed by atoms with Crippen LogP contribution in [0.1, 0.15) is 6.92 Å². The Morgan fingerprint density at radius 2 is 1.57 bits per heavy atom. The van der Waals surface area contributed by atoms with Crippen LogP contribution in [0.15, 0.2) is 0 Å². The number of hydrogen-bond donors (Lipinski definition) is 0. The number of hydrogen-bond acceptors (Lipinski definition) is 0. The van der Waals surface area contributed by atoms with Crippen LogP contribution in [0.5, 0.6) is 0 Å². The fourth-order valence-corrected chi connectivity index (χ4v) is 0.470. The van der Waals surface area contributed by atoms with Gasteiger partial charge in [0.05, 0.1) is 0 Å². The summed E-state index contributed by atoms with van der Waals surface area (Å²) in [6.07, 6.45) is 8.24. The van der Waals surface area contributed by atoms with Crippen LogP contribution in [0.25, 0.3) is 0 Å². The van der Waals surface area contributed by atoms with Crippen molar-refractivity contribution in [2.45, 2.75) is 6.92 Å². The maximum Gasteiger partial charge on any atom is 1.00 e. The van der Waals surface area contributed by atoms with Crippen molar-refractivity contribution in [2.24, 2.45) is 0 Å². The summed E-state index contributed by atoms with van der Waals surface area (Å²) in [5.74, 6) is 1.34. The van der Waals surface area contributed by atoms with Gasteiger partial charge in [-0.3, -0.25) is 0 Å². The quantitative estimate of drug-likeness (QED) is 0.324. The van der Waals surface area contributed by atoms with Crippen molar-refractivity contribution in [3.8, 4) is 0 Å². The molecule has 1 aliphatic carbocycles. The first kappa shape index (κ1) is 8.00. The minimum atomic E-state index is 0. The topological polar surface area (TPSA) is 0 Å². The summed E-state index contributed by atoms with van der Waals surface area (Å²) in [5, 5.41) is 0. The predicted octanol–water partition coefficient (Wildman–Crippen LogP) is -1.58. The molecule has 0 atom stereocenters. The predicted molar refractivity (Wildman–Crippen MR) is 26.1 cm³/mol. The molecule has 0 heterocycles. The molecule has 1 rings (SSSR count). The minimum Gasteiger partial charge on any atom is -0.0585 e. The average molecular weight is 102 g/mol. The molecule has 0 N–H and O–H groups in total. The number of rotatable bonds is 0. The molecule has 1 fully saturated rings. The van der Waals surface area contributed by atoms with Crippen LogP contribution < -0.4 is 29.6 Å². The maximum absolute atomic E-state index is 2.08. The molecule has 31 valence electrons. The molecule has 0 aliphatic heterocycles. The first-order valence-corrected chi connectivity index (χ1v) is 2.08. The Morgan fingerprint density at radius 3 is 1.71 bits per heavy atom. The molecule has 0 aromatic carbocycles. The van der Waals surface area contributed by atoms with E-state index in [0.29, 0.717) is 0 Å². The Kier molecular flexibility index (Phi) is 4.50. The SMILES string of the molecule is C[C]1[CH][CH][CH][CH]1.[Na+]. The summed E-state index contributed by atoms with van der Waals surface area (Å²) in [4.78, 5) is 0. The van der Waals surface area contributed by atoms with Crippen LogP contribution in [-0.4, -0.2) is 0 Å². The van der Waals surface area contributed by atoms with E-state index in [4.69, 9.17) is 0 Å². The summed E-state index contributed by atoms with van der Waals surface area (Å²) in [5.41, 5.74) is 0. The van der Waals surface area contributed by atoms with Crippen molar-refractivity contribution in [2.75, 3.05) is 0 Å². The van der Waals surface area contributed by atoms with Crippen LogP contribution in [0.3, 0.4) is 0 Å². The first-order valence-electron chi connectivity index (χ1n) is 2.08. The van der Waals surface area contributed by atoms with Crippen molar-refractivity contribution in [1.82, 2.24) is 0 Å². The van der Waals surface area contributed by atoms with Crippen molar-refractivity contribution >= 4 is 0 Å². The third-order valence-corrected chi connectivity index (χ3v) is 0.829. The van der Waals surface area contributed by atoms with Crippen molar-refractivity contribution in [3.05, 3.63) is 31.6 Å². The zero-order valence-corrected chi connectivity index (χ0v) is 6.81. The van der Waals surface area contributed by atoms with E-state index in [-0.39, 0.29) is 29.6 Å². The van der Waals surface area contributed by atoms with Gasteiger partial charge in [0, 0.05) is 0 Å². The van der Waals surface area contributed by atoms with Crippen molar-refractivity contribution in [3.63, 3.8) is 0 Å². The molecule has 0 unspecified atom stereocenters. The van der Waals surface area contributed by atoms with E-state index in [2.05, 4.69) is 19.8 Å². The van der Waals surface area contributed by atoms with Gasteiger partial charge in [0.25, 0.3) is 0 Å². The second-order valence-electron chi connectivity index (χ2n) is 1.46. The van der Waals surface area contributed by atoms with Crippen LogP contribution in [0.2, 0.25) is 0 Å². The summed E-state index contributed by atoms with van der Waals surface area (Å²) in [6.45, 7) is 2.08. The first-order chi connectivity index (χ1) is 2.89. The van der Waals surface area contributed by atoms with E-state index in [0.717, 1.165) is 0 Å². The van der Waals surface area contributed by atoms with Gasteiger partial charge in [0.1, 0.15) is 0 Å². The molecule has 1 aliphatic rings. The zero-order valence-electron chi connectivity index (χ0n) is 4.81. The molecule has 5 radical (unpaired) electrons. The molecule has 0 saturated heterocycles. The second-order valence-corrected chi connectivity index (χ2v) is 1.46. The van der Waals surface area contributed by atoms with Crippen molar-refractivity contribution < 1.29 is 29.6 Å². The van der Waals surface area contributed by atoms with Crippen molar-refractivity contribution in [1.29, 1.82) is 0 Å². The largest absolute Gasteiger partial charge is 1.00 e. The second kappa shape index (κ2) is 3.94. The molecule has 0 aromatic heterocycles. The Balaban J connectivity index is 0.000000360. The van der Waals surface area contributed by atoms with Crippen LogP contribution in [0.4, 0.5) is 0 Å². The molecule has 7 heavy (non-hydrogen) atoms. The summed E-state index contributed by atoms with van der Waals surface area (Å²) < 4.78 is 0.